The van der Waals surface area contributed by atoms with Crippen LogP contribution in [0.3, 0.4) is 0 Å². The first kappa shape index (κ1) is 14.1. The van der Waals surface area contributed by atoms with E-state index in [1.807, 2.05) is 0 Å². The average Bonchev–Trinajstić information content (AvgIpc) is 2.28. The lowest BCUT2D eigenvalue weighted by Gasteiger charge is -2.14. The minimum absolute atomic E-state index is 0.325. The molecule has 1 rings (SSSR count). The predicted molar refractivity (Wildman–Crippen MR) is 68.4 cm³/mol. The van der Waals surface area contributed by atoms with Gasteiger partial charge in [-0.25, -0.2) is 9.59 Å². The molecule has 0 radical (unpaired) electrons. The fourth-order valence-corrected chi connectivity index (χ4v) is 1.38. The highest BCUT2D eigenvalue weighted by Crippen LogP contribution is 2.22. The maximum absolute atomic E-state index is 10.8. The molecule has 0 saturated carbocycles. The number of benzene rings is 1. The third-order valence-electron chi connectivity index (χ3n) is 2.30. The molecule has 1 aromatic rings. The topological polar surface area (TPSA) is 101 Å². The number of allylic oxidation sites excluding steroid dienone is 1. The molecule has 0 spiro atoms. The van der Waals surface area contributed by atoms with Gasteiger partial charge in [-0.15, -0.1) is 0 Å². The maximum atomic E-state index is 10.8. The molecule has 1 aromatic carbocycles. The lowest BCUT2D eigenvalue weighted by atomic mass is 10.0. The minimum atomic E-state index is -2.34. The Morgan fingerprint density at radius 3 is 2.44 bits per heavy atom. The standard InChI is InChI=1S/C12H12ClNO4/c13-12(10(15)16,11(17)18)6-2-4-8-3-1-5-9(14)7-8/h1-5,7H,6,14H2,(H,15,16)(H,17,18). The van der Waals surface area contributed by atoms with Crippen LogP contribution in [-0.2, 0) is 9.59 Å². The number of aliphatic carboxylic acids is 2. The van der Waals surface area contributed by atoms with Crippen molar-refractivity contribution in [2.45, 2.75) is 11.3 Å². The van der Waals surface area contributed by atoms with Gasteiger partial charge in [0.05, 0.1) is 0 Å². The average molecular weight is 270 g/mol. The first-order valence-corrected chi connectivity index (χ1v) is 5.42. The van der Waals surface area contributed by atoms with Gasteiger partial charge in [-0.1, -0.05) is 35.9 Å². The molecule has 96 valence electrons. The zero-order valence-corrected chi connectivity index (χ0v) is 10.1. The summed E-state index contributed by atoms with van der Waals surface area (Å²) in [6.45, 7) is 0. The Morgan fingerprint density at radius 2 is 1.94 bits per heavy atom. The van der Waals surface area contributed by atoms with Crippen LogP contribution in [-0.4, -0.2) is 27.0 Å². The van der Waals surface area contributed by atoms with E-state index < -0.39 is 16.8 Å². The summed E-state index contributed by atoms with van der Waals surface area (Å²) in [5, 5.41) is 17.6. The molecule has 0 atom stereocenters. The third kappa shape index (κ3) is 3.24. The molecule has 0 saturated heterocycles. The van der Waals surface area contributed by atoms with Crippen LogP contribution in [0, 0.1) is 0 Å². The SMILES string of the molecule is Nc1cccc(C=CCC(Cl)(C(=O)O)C(=O)O)c1. The first-order valence-electron chi connectivity index (χ1n) is 5.04. The molecule has 18 heavy (non-hydrogen) atoms. The maximum Gasteiger partial charge on any atom is 0.336 e. The highest BCUT2D eigenvalue weighted by Gasteiger charge is 2.43. The van der Waals surface area contributed by atoms with Gasteiger partial charge in [0.1, 0.15) is 0 Å². The van der Waals surface area contributed by atoms with E-state index in [1.165, 1.54) is 6.08 Å². The summed E-state index contributed by atoms with van der Waals surface area (Å²) in [6.07, 6.45) is 2.64. The van der Waals surface area contributed by atoms with Crippen molar-refractivity contribution in [3.8, 4) is 0 Å². The largest absolute Gasteiger partial charge is 0.479 e. The van der Waals surface area contributed by atoms with Crippen LogP contribution >= 0.6 is 11.6 Å². The van der Waals surface area contributed by atoms with Crippen molar-refractivity contribution in [1.82, 2.24) is 0 Å². The number of rotatable bonds is 5. The van der Waals surface area contributed by atoms with Crippen LogP contribution in [0.2, 0.25) is 0 Å². The summed E-state index contributed by atoms with van der Waals surface area (Å²) in [5.74, 6) is -3.18. The molecule has 0 aromatic heterocycles. The van der Waals surface area contributed by atoms with Crippen molar-refractivity contribution >= 4 is 35.3 Å². The van der Waals surface area contributed by atoms with Crippen LogP contribution in [0.1, 0.15) is 12.0 Å². The molecule has 6 heteroatoms. The number of carboxylic acid groups (broad SMARTS) is 2. The Bertz CT molecular complexity index is 485. The molecule has 0 fully saturated rings. The molecule has 0 aliphatic heterocycles. The van der Waals surface area contributed by atoms with Crippen LogP contribution in [0.25, 0.3) is 6.08 Å². The quantitative estimate of drug-likeness (QED) is 0.430. The van der Waals surface area contributed by atoms with Crippen LogP contribution in [0.15, 0.2) is 30.3 Å². The summed E-state index contributed by atoms with van der Waals surface area (Å²) in [6, 6.07) is 6.87. The van der Waals surface area contributed by atoms with E-state index in [0.717, 1.165) is 5.56 Å². The number of anilines is 1. The molecule has 0 heterocycles. The normalized spacial score (nSPS) is 11.6. The number of nitrogens with two attached hydrogens (primary N) is 1. The summed E-state index contributed by atoms with van der Waals surface area (Å²) < 4.78 is 0. The number of nitrogen functional groups attached to an aromatic ring is 1. The smallest absolute Gasteiger partial charge is 0.336 e. The molecule has 5 nitrogen and oxygen atoms in total. The van der Waals surface area contributed by atoms with Crippen LogP contribution in [0.5, 0.6) is 0 Å². The summed E-state index contributed by atoms with van der Waals surface area (Å²) in [4.78, 5) is 19.2. The number of hydrogen-bond acceptors (Lipinski definition) is 3. The van der Waals surface area contributed by atoms with E-state index in [-0.39, 0.29) is 6.42 Å². The zero-order valence-electron chi connectivity index (χ0n) is 9.34. The van der Waals surface area contributed by atoms with Crippen molar-refractivity contribution in [3.63, 3.8) is 0 Å². The van der Waals surface area contributed by atoms with Gasteiger partial charge in [0, 0.05) is 12.1 Å². The van der Waals surface area contributed by atoms with Crippen LogP contribution < -0.4 is 5.73 Å². The van der Waals surface area contributed by atoms with Crippen molar-refractivity contribution in [2.24, 2.45) is 0 Å². The monoisotopic (exact) mass is 269 g/mol. The summed E-state index contributed by atoms with van der Waals surface area (Å²) in [5.41, 5.74) is 6.87. The molecule has 4 N–H and O–H groups in total. The van der Waals surface area contributed by atoms with Crippen molar-refractivity contribution in [3.05, 3.63) is 35.9 Å². The summed E-state index contributed by atoms with van der Waals surface area (Å²) in [7, 11) is 0. The van der Waals surface area contributed by atoms with Gasteiger partial charge in [-0.2, -0.15) is 0 Å². The first-order chi connectivity index (χ1) is 8.36. The van der Waals surface area contributed by atoms with Gasteiger partial charge < -0.3 is 15.9 Å². The van der Waals surface area contributed by atoms with Crippen LogP contribution in [0.4, 0.5) is 5.69 Å². The Balaban J connectivity index is 2.80. The minimum Gasteiger partial charge on any atom is -0.479 e. The second-order valence-corrected chi connectivity index (χ2v) is 4.33. The fraction of sp³-hybridized carbons (Fsp3) is 0.167. The van der Waals surface area contributed by atoms with E-state index >= 15 is 0 Å². The number of halogens is 1. The van der Waals surface area contributed by atoms with E-state index in [0.29, 0.717) is 5.69 Å². The highest BCUT2D eigenvalue weighted by atomic mass is 35.5. The molecule has 0 aliphatic carbocycles. The molecular weight excluding hydrogens is 258 g/mol. The molecule has 0 amide bonds. The lowest BCUT2D eigenvalue weighted by molar-refractivity contribution is -0.152. The molecule has 0 unspecified atom stereocenters. The Kier molecular flexibility index (Phi) is 4.33. The Labute approximate surface area is 108 Å². The van der Waals surface area contributed by atoms with Gasteiger partial charge in [0.2, 0.25) is 4.87 Å². The Morgan fingerprint density at radius 1 is 1.33 bits per heavy atom. The second kappa shape index (κ2) is 5.55. The van der Waals surface area contributed by atoms with Crippen molar-refractivity contribution in [1.29, 1.82) is 0 Å². The molecule has 0 bridgehead atoms. The van der Waals surface area contributed by atoms with E-state index in [1.54, 1.807) is 30.3 Å². The fourth-order valence-electron chi connectivity index (χ4n) is 1.29. The lowest BCUT2D eigenvalue weighted by Crippen LogP contribution is -2.40. The van der Waals surface area contributed by atoms with E-state index in [2.05, 4.69) is 0 Å². The zero-order chi connectivity index (χ0) is 13.8. The number of carbonyl (C=O) groups is 2. The number of alkyl halides is 1. The van der Waals surface area contributed by atoms with Gasteiger partial charge in [0.15, 0.2) is 0 Å². The van der Waals surface area contributed by atoms with Gasteiger partial charge in [-0.05, 0) is 17.7 Å². The Hall–Kier alpha value is -2.01. The van der Waals surface area contributed by atoms with Crippen molar-refractivity contribution < 1.29 is 19.8 Å². The van der Waals surface area contributed by atoms with Gasteiger partial charge in [-0.3, -0.25) is 0 Å². The predicted octanol–water partition coefficient (Wildman–Crippen LogP) is 1.82. The molecule has 0 aliphatic rings. The second-order valence-electron chi connectivity index (χ2n) is 3.69. The van der Waals surface area contributed by atoms with E-state index in [4.69, 9.17) is 27.5 Å². The highest BCUT2D eigenvalue weighted by molar-refractivity contribution is 6.44. The molecular formula is C12H12ClNO4. The number of hydrogen-bond donors (Lipinski definition) is 3. The van der Waals surface area contributed by atoms with Gasteiger partial charge >= 0.3 is 11.9 Å². The van der Waals surface area contributed by atoms with Crippen molar-refractivity contribution in [2.75, 3.05) is 5.73 Å². The van der Waals surface area contributed by atoms with Gasteiger partial charge in [0.25, 0.3) is 0 Å². The summed E-state index contributed by atoms with van der Waals surface area (Å²) >= 11 is 5.53. The third-order valence-corrected chi connectivity index (χ3v) is 2.78. The number of carboxylic acids is 2. The van der Waals surface area contributed by atoms with E-state index in [9.17, 15) is 9.59 Å².